The van der Waals surface area contributed by atoms with Gasteiger partial charge in [0.05, 0.1) is 48.8 Å². The lowest BCUT2D eigenvalue weighted by Crippen LogP contribution is -2.28. The summed E-state index contributed by atoms with van der Waals surface area (Å²) in [4.78, 5) is 12.0. The van der Waals surface area contributed by atoms with E-state index < -0.39 is 6.10 Å². The minimum atomic E-state index is -0.392. The first-order chi connectivity index (χ1) is 19.5. The molecule has 0 aliphatic carbocycles. The van der Waals surface area contributed by atoms with Crippen LogP contribution in [0.3, 0.4) is 0 Å². The van der Waals surface area contributed by atoms with Gasteiger partial charge in [0.15, 0.2) is 5.82 Å². The Morgan fingerprint density at radius 2 is 1.80 bits per heavy atom. The number of rotatable bonds is 8. The van der Waals surface area contributed by atoms with Crippen molar-refractivity contribution in [2.75, 3.05) is 33.5 Å². The van der Waals surface area contributed by atoms with E-state index in [1.54, 1.807) is 13.3 Å². The Labute approximate surface area is 233 Å². The molecule has 2 N–H and O–H groups in total. The minimum absolute atomic E-state index is 0.0402. The Hall–Kier alpha value is -3.37. The fraction of sp³-hybridized carbons (Fsp3) is 0.419. The summed E-state index contributed by atoms with van der Waals surface area (Å²) >= 11 is 0. The molecule has 4 aromatic rings. The standard InChI is InChI=1S/C22H20FN3O2.C9H16O3/c1-14-11-20-21(25-14)12-18(23)22(26-20)16-5-3-15(4-6-16)19-8-7-17(13-24-19)28-10-9-27-2;1-2-3-6-4-11-9-7(10)5-12-8(6)9/h3-8,11-13,25H,9-10H2,1-2H3;6-10H,2-5H2,1H3/t;6-,7?,8-,9-/m.1/s1. The molecule has 212 valence electrons. The molecule has 0 bridgehead atoms. The van der Waals surface area contributed by atoms with Gasteiger partial charge in [-0.15, -0.1) is 0 Å². The van der Waals surface area contributed by atoms with E-state index in [1.807, 2.05) is 49.4 Å². The highest BCUT2D eigenvalue weighted by Crippen LogP contribution is 2.33. The second-order valence-electron chi connectivity index (χ2n) is 10.2. The van der Waals surface area contributed by atoms with Crippen molar-refractivity contribution in [1.29, 1.82) is 0 Å². The van der Waals surface area contributed by atoms with E-state index in [4.69, 9.17) is 18.9 Å². The number of nitrogens with zero attached hydrogens (tertiary/aromatic N) is 2. The number of ether oxygens (including phenoxy) is 4. The number of hydrogen-bond acceptors (Lipinski definition) is 7. The molecule has 0 amide bonds. The van der Waals surface area contributed by atoms with Crippen molar-refractivity contribution in [3.8, 4) is 28.3 Å². The first-order valence-corrected chi connectivity index (χ1v) is 13.7. The van der Waals surface area contributed by atoms with Crippen LogP contribution in [-0.2, 0) is 14.2 Å². The van der Waals surface area contributed by atoms with Crippen LogP contribution in [0.5, 0.6) is 5.75 Å². The highest BCUT2D eigenvalue weighted by molar-refractivity contribution is 5.80. The second-order valence-corrected chi connectivity index (χ2v) is 10.2. The number of aliphatic hydroxyl groups is 1. The van der Waals surface area contributed by atoms with Crippen molar-refractivity contribution < 1.29 is 28.4 Å². The predicted octanol–water partition coefficient (Wildman–Crippen LogP) is 5.33. The van der Waals surface area contributed by atoms with Gasteiger partial charge in [0.25, 0.3) is 0 Å². The minimum Gasteiger partial charge on any atom is -0.490 e. The van der Waals surface area contributed by atoms with Crippen LogP contribution in [-0.4, -0.2) is 71.9 Å². The number of halogens is 1. The molecule has 40 heavy (non-hydrogen) atoms. The summed E-state index contributed by atoms with van der Waals surface area (Å²) in [6.45, 7) is 6.32. The van der Waals surface area contributed by atoms with Crippen LogP contribution < -0.4 is 4.74 Å². The number of nitrogens with one attached hydrogen (secondary N) is 1. The number of hydrogen-bond donors (Lipinski definition) is 2. The van der Waals surface area contributed by atoms with Gasteiger partial charge in [-0.25, -0.2) is 9.37 Å². The number of aryl methyl sites for hydroxylation is 1. The molecule has 1 aromatic carbocycles. The fourth-order valence-corrected chi connectivity index (χ4v) is 5.22. The van der Waals surface area contributed by atoms with Crippen LogP contribution in [0.1, 0.15) is 25.5 Å². The molecule has 2 aliphatic rings. The van der Waals surface area contributed by atoms with Crippen molar-refractivity contribution in [1.82, 2.24) is 15.0 Å². The molecule has 4 atom stereocenters. The molecule has 0 spiro atoms. The van der Waals surface area contributed by atoms with E-state index in [-0.39, 0.29) is 18.0 Å². The van der Waals surface area contributed by atoms with Crippen LogP contribution in [0.15, 0.2) is 54.7 Å². The number of aliphatic hydroxyl groups excluding tert-OH is 1. The van der Waals surface area contributed by atoms with Crippen molar-refractivity contribution in [2.45, 2.75) is 45.0 Å². The normalized spacial score (nSPS) is 21.7. The molecule has 0 saturated carbocycles. The van der Waals surface area contributed by atoms with E-state index >= 15 is 0 Å². The summed E-state index contributed by atoms with van der Waals surface area (Å²) in [5.74, 6) is 0.855. The number of pyridine rings is 2. The van der Waals surface area contributed by atoms with Gasteiger partial charge in [0.2, 0.25) is 0 Å². The van der Waals surface area contributed by atoms with Gasteiger partial charge < -0.3 is 29.0 Å². The van der Waals surface area contributed by atoms with E-state index in [9.17, 15) is 9.50 Å². The van der Waals surface area contributed by atoms with Crippen molar-refractivity contribution in [3.63, 3.8) is 0 Å². The smallest absolute Gasteiger partial charge is 0.151 e. The molecule has 1 unspecified atom stereocenters. The zero-order chi connectivity index (χ0) is 28.1. The largest absolute Gasteiger partial charge is 0.490 e. The average Bonchev–Trinajstić information content (AvgIpc) is 3.65. The van der Waals surface area contributed by atoms with Gasteiger partial charge in [-0.2, -0.15) is 0 Å². The lowest BCUT2D eigenvalue weighted by Gasteiger charge is -2.14. The summed E-state index contributed by atoms with van der Waals surface area (Å²) < 4.78 is 35.9. The Morgan fingerprint density at radius 1 is 1.02 bits per heavy atom. The number of benzene rings is 1. The van der Waals surface area contributed by atoms with Crippen molar-refractivity contribution in [2.24, 2.45) is 5.92 Å². The lowest BCUT2D eigenvalue weighted by molar-refractivity contribution is 0.0167. The molecular formula is C31H36FN3O5. The fourth-order valence-electron chi connectivity index (χ4n) is 5.22. The second kappa shape index (κ2) is 12.9. The molecule has 2 saturated heterocycles. The van der Waals surface area contributed by atoms with Gasteiger partial charge in [-0.05, 0) is 31.5 Å². The highest BCUT2D eigenvalue weighted by Gasteiger charge is 2.46. The van der Waals surface area contributed by atoms with Crippen LogP contribution in [0.2, 0.25) is 0 Å². The Bertz CT molecular complexity index is 1390. The number of methoxy groups -OCH3 is 1. The summed E-state index contributed by atoms with van der Waals surface area (Å²) in [5, 5.41) is 9.44. The zero-order valence-electron chi connectivity index (χ0n) is 23.1. The van der Waals surface area contributed by atoms with Crippen molar-refractivity contribution >= 4 is 11.0 Å². The molecule has 2 fully saturated rings. The third kappa shape index (κ3) is 6.33. The summed E-state index contributed by atoms with van der Waals surface area (Å²) in [6.07, 6.45) is 3.73. The molecule has 6 rings (SSSR count). The average molecular weight is 550 g/mol. The third-order valence-corrected chi connectivity index (χ3v) is 7.23. The first-order valence-electron chi connectivity index (χ1n) is 13.7. The molecule has 9 heteroatoms. The Morgan fingerprint density at radius 3 is 2.52 bits per heavy atom. The topological polar surface area (TPSA) is 98.7 Å². The van der Waals surface area contributed by atoms with Gasteiger partial charge >= 0.3 is 0 Å². The molecule has 0 radical (unpaired) electrons. The SMILES string of the molecule is CCC[C@@H]1CO[C@@H]2C(O)CO[C@H]12.COCCOc1ccc(-c2ccc(-c3nc4cc(C)[nH]c4cc3F)cc2)nc1. The molecule has 8 nitrogen and oxygen atoms in total. The van der Waals surface area contributed by atoms with E-state index in [0.717, 1.165) is 47.5 Å². The van der Waals surface area contributed by atoms with Gasteiger partial charge in [0.1, 0.15) is 30.3 Å². The Kier molecular flexibility index (Phi) is 9.06. The van der Waals surface area contributed by atoms with Gasteiger partial charge in [-0.3, -0.25) is 4.98 Å². The van der Waals surface area contributed by atoms with E-state index in [2.05, 4.69) is 21.9 Å². The number of H-pyrrole nitrogens is 1. The molecule has 5 heterocycles. The highest BCUT2D eigenvalue weighted by atomic mass is 19.1. The van der Waals surface area contributed by atoms with Crippen LogP contribution in [0.25, 0.3) is 33.5 Å². The maximum absolute atomic E-state index is 14.5. The summed E-state index contributed by atoms with van der Waals surface area (Å²) in [6, 6.07) is 14.7. The van der Waals surface area contributed by atoms with Crippen LogP contribution in [0, 0.1) is 18.7 Å². The lowest BCUT2D eigenvalue weighted by atomic mass is 9.97. The molecule has 3 aromatic heterocycles. The number of aromatic nitrogens is 3. The summed E-state index contributed by atoms with van der Waals surface area (Å²) in [7, 11) is 1.63. The van der Waals surface area contributed by atoms with E-state index in [0.29, 0.717) is 42.7 Å². The van der Waals surface area contributed by atoms with Gasteiger partial charge in [0, 0.05) is 35.9 Å². The van der Waals surface area contributed by atoms with Crippen molar-refractivity contribution in [3.05, 3.63) is 66.2 Å². The summed E-state index contributed by atoms with van der Waals surface area (Å²) in [5.41, 5.74) is 5.22. The third-order valence-electron chi connectivity index (χ3n) is 7.23. The van der Waals surface area contributed by atoms with E-state index in [1.165, 1.54) is 6.07 Å². The maximum Gasteiger partial charge on any atom is 0.151 e. The van der Waals surface area contributed by atoms with Gasteiger partial charge in [-0.1, -0.05) is 37.6 Å². The first kappa shape index (κ1) is 28.2. The zero-order valence-corrected chi connectivity index (χ0v) is 23.1. The van der Waals surface area contributed by atoms with Crippen LogP contribution >= 0.6 is 0 Å². The monoisotopic (exact) mass is 549 g/mol. The number of fused-ring (bicyclic) bond motifs is 2. The quantitative estimate of drug-likeness (QED) is 0.287. The van der Waals surface area contributed by atoms with Crippen LogP contribution in [0.4, 0.5) is 4.39 Å². The molecule has 2 aliphatic heterocycles. The Balaban J connectivity index is 0.000000223. The predicted molar refractivity (Wildman–Crippen MR) is 151 cm³/mol. The number of aromatic amines is 1. The maximum atomic E-state index is 14.5. The molecular weight excluding hydrogens is 513 g/mol.